The fourth-order valence-corrected chi connectivity index (χ4v) is 14.3. The van der Waals surface area contributed by atoms with Crippen molar-refractivity contribution in [3.8, 4) is 0 Å². The molecular formula is C84H138N32O20. The third-order valence-electron chi connectivity index (χ3n) is 21.6. The van der Waals surface area contributed by atoms with Gasteiger partial charge in [0.25, 0.3) is 0 Å². The molecule has 0 unspecified atom stereocenters. The molecule has 15 atom stereocenters. The highest BCUT2D eigenvalue weighted by Gasteiger charge is 2.43. The number of aromatic amines is 2. The molecule has 0 radical (unpaired) electrons. The van der Waals surface area contributed by atoms with E-state index in [0.29, 0.717) is 12.0 Å². The van der Waals surface area contributed by atoms with E-state index in [-0.39, 0.29) is 139 Å². The molecule has 0 spiro atoms. The Bertz CT molecular complexity index is 4520. The van der Waals surface area contributed by atoms with Crippen molar-refractivity contribution in [1.82, 2.24) is 115 Å². The number of nitrogens with zero attached hydrogens (tertiary/aromatic N) is 3. The number of guanidine groups is 4. The second-order valence-corrected chi connectivity index (χ2v) is 34.4. The smallest absolute Gasteiger partial charge is 0.326 e. The average Bonchev–Trinajstić information content (AvgIpc) is 1.09. The Hall–Kier alpha value is -14.4. The van der Waals surface area contributed by atoms with Crippen molar-refractivity contribution in [2.75, 3.05) is 39.3 Å². The number of H-pyrrole nitrogens is 2. The number of primary amides is 1. The third-order valence-corrected chi connectivity index (χ3v) is 21.6. The lowest BCUT2D eigenvalue weighted by molar-refractivity contribution is -0.143. The molecule has 52 nitrogen and oxygen atoms in total. The fraction of sp³-hybridized carbons (Fsp3) is 0.607. The van der Waals surface area contributed by atoms with E-state index in [1.54, 1.807) is 58.0 Å². The minimum absolute atomic E-state index is 0.00311. The van der Waals surface area contributed by atoms with Crippen LogP contribution in [0.3, 0.4) is 0 Å². The number of hydrogen-bond donors (Lipinski definition) is 32. The molecule has 1 aromatic carbocycles. The van der Waals surface area contributed by atoms with E-state index in [2.05, 4.69) is 110 Å². The molecule has 3 aromatic rings. The highest BCUT2D eigenvalue weighted by molar-refractivity contribution is 6.01. The number of aromatic nitrogens is 4. The molecule has 754 valence electrons. The van der Waals surface area contributed by atoms with Crippen molar-refractivity contribution in [1.29, 1.82) is 21.6 Å². The molecule has 2 aromatic heterocycles. The number of nitrogens with two attached hydrogens (primary N) is 6. The number of benzene rings is 1. The first-order chi connectivity index (χ1) is 64.2. The SMILES string of the molecule is CC(C)C[C@H](N)C(=O)N[C@H](C(=O)N[C@@H](CCCNC(=N)N)C(=O)N[C@@H](CCCNC(=N)N)C(=O)N[C@@H](Cc1ccccc1)C(=O)N[C@H](C(=O)N[C@@H](Cc1cnc[nH]1)C(=O)N[C@@H](CCCNC(=N)N)C(=O)N[C@@H](CCCNC(=N)N)C(=O)N1CCC[C@H]1C(=O)N[C@@H](Cc1cnc[nH]1)C(=O)N[C@H](C(=O)N[C@@H](CCC(=O)O)C(=O)N[C@@H](CO)C(=O)N[C@@H](CCC(N)=O)C(=O)O)C(C)C)C(C)C)C(C)C. The van der Waals surface area contributed by atoms with Gasteiger partial charge in [0.2, 0.25) is 88.6 Å². The summed E-state index contributed by atoms with van der Waals surface area (Å²) in [7, 11) is 0. The number of aliphatic hydroxyl groups is 1. The number of imidazole rings is 2. The van der Waals surface area contributed by atoms with Crippen molar-refractivity contribution in [2.24, 2.45) is 58.1 Å². The van der Waals surface area contributed by atoms with Crippen LogP contribution < -0.4 is 125 Å². The number of carboxylic acids is 2. The van der Waals surface area contributed by atoms with E-state index in [9.17, 15) is 72.9 Å². The molecule has 1 fully saturated rings. The van der Waals surface area contributed by atoms with Gasteiger partial charge in [-0.3, -0.25) is 98.3 Å². The number of carbonyl (C=O) groups excluding carboxylic acids is 15. The molecule has 1 aliphatic rings. The van der Waals surface area contributed by atoms with Gasteiger partial charge in [0.1, 0.15) is 84.6 Å². The molecule has 1 aliphatic heterocycles. The number of aliphatic carboxylic acids is 2. The van der Waals surface area contributed by atoms with Gasteiger partial charge in [-0.15, -0.1) is 0 Å². The first kappa shape index (κ1) is 114. The normalized spacial score (nSPS) is 15.4. The number of carbonyl (C=O) groups is 17. The Morgan fingerprint density at radius 1 is 0.419 bits per heavy atom. The number of carboxylic acid groups (broad SMARTS) is 2. The molecule has 0 aliphatic carbocycles. The summed E-state index contributed by atoms with van der Waals surface area (Å²) in [6.45, 7) is 12.0. The number of amides is 15. The van der Waals surface area contributed by atoms with Crippen LogP contribution >= 0.6 is 0 Å². The Kier molecular flexibility index (Phi) is 49.1. The van der Waals surface area contributed by atoms with Gasteiger partial charge in [-0.1, -0.05) is 85.7 Å². The van der Waals surface area contributed by atoms with Crippen molar-refractivity contribution < 1.29 is 96.8 Å². The van der Waals surface area contributed by atoms with Crippen molar-refractivity contribution in [3.63, 3.8) is 0 Å². The average molecular weight is 1920 g/mol. The maximum atomic E-state index is 15.3. The first-order valence-electron chi connectivity index (χ1n) is 44.8. The Morgan fingerprint density at radius 3 is 1.14 bits per heavy atom. The van der Waals surface area contributed by atoms with E-state index in [1.165, 1.54) is 38.9 Å². The largest absolute Gasteiger partial charge is 0.481 e. The van der Waals surface area contributed by atoms with Crippen LogP contribution in [0.2, 0.25) is 0 Å². The van der Waals surface area contributed by atoms with Gasteiger partial charge in [-0.05, 0) is 113 Å². The predicted molar refractivity (Wildman–Crippen MR) is 493 cm³/mol. The summed E-state index contributed by atoms with van der Waals surface area (Å²) in [4.78, 5) is 254. The second kappa shape index (κ2) is 58.6. The van der Waals surface area contributed by atoms with Crippen LogP contribution in [0.5, 0.6) is 0 Å². The number of rotatable bonds is 62. The van der Waals surface area contributed by atoms with Crippen LogP contribution in [0.4, 0.5) is 0 Å². The van der Waals surface area contributed by atoms with Gasteiger partial charge in [-0.2, -0.15) is 0 Å². The molecule has 136 heavy (non-hydrogen) atoms. The highest BCUT2D eigenvalue weighted by atomic mass is 16.4. The summed E-state index contributed by atoms with van der Waals surface area (Å²) < 4.78 is 0. The standard InChI is InChI=1S/C84H138N32O20/c1-42(2)33-49(85)66(121)113-63(43(3)4)76(131)105-52(21-14-30-99-83(91)92)67(122)103-51(20-13-29-98-82(89)90)69(124)109-56(34-46-17-10-9-11-18-46)72(127)114-65(45(7)8)78(133)111-57(35-47-37-95-40-101-47)71(126)104-50(19-12-28-97-81(87)88)68(123)107-54(22-15-31-100-84(93)94)79(134)116-32-16-23-60(116)75(130)110-58(36-48-38-96-41-102-48)73(128)115-64(44(5)6)77(132)106-53(25-27-62(119)120)70(125)112-59(39-117)74(129)108-55(80(135)136)24-26-61(86)118/h9-11,17-18,37-38,40-45,49-60,63-65,117H,12-16,19-36,39,85H2,1-8H3,(H2,86,118)(H,95,101)(H,96,102)(H,103,122)(H,104,126)(H,105,131)(H,106,132)(H,107,123)(H,108,129)(H,109,124)(H,110,130)(H,111,133)(H,112,125)(H,113,121)(H,114,127)(H,115,128)(H,119,120)(H,135,136)(H4,87,88,97)(H4,89,90,98)(H4,91,92,99)(H4,93,94,100)/t49-,50-,51-,52-,53-,54-,55-,56-,57-,58-,59-,60-,63-,64-,65-/m0/s1. The van der Waals surface area contributed by atoms with Gasteiger partial charge in [0.05, 0.1) is 25.3 Å². The summed E-state index contributed by atoms with van der Waals surface area (Å²) in [6, 6.07) is -14.5. The molecule has 52 heteroatoms. The van der Waals surface area contributed by atoms with Gasteiger partial charge >= 0.3 is 11.9 Å². The Labute approximate surface area is 786 Å². The molecule has 38 N–H and O–H groups in total. The zero-order valence-electron chi connectivity index (χ0n) is 77.7. The van der Waals surface area contributed by atoms with Crippen LogP contribution in [0.15, 0.2) is 55.4 Å². The number of hydrogen-bond acceptors (Lipinski definition) is 25. The number of nitrogens with one attached hydrogen (secondary N) is 23. The number of likely N-dealkylation sites (tertiary alicyclic amines) is 1. The monoisotopic (exact) mass is 1920 g/mol. The van der Waals surface area contributed by atoms with Crippen molar-refractivity contribution in [3.05, 3.63) is 72.3 Å². The maximum absolute atomic E-state index is 15.3. The molecule has 1 saturated heterocycles. The Balaban J connectivity index is 1.70. The van der Waals surface area contributed by atoms with E-state index < -0.39 is 259 Å². The third kappa shape index (κ3) is 41.4. The summed E-state index contributed by atoms with van der Waals surface area (Å²) in [5.74, 6) is -21.1. The number of aliphatic hydroxyl groups excluding tert-OH is 1. The Morgan fingerprint density at radius 2 is 0.757 bits per heavy atom. The lowest BCUT2D eigenvalue weighted by atomic mass is 9.99. The van der Waals surface area contributed by atoms with E-state index in [4.69, 9.17) is 56.0 Å². The summed E-state index contributed by atoms with van der Waals surface area (Å²) in [6.07, 6.45) is 1.98. The van der Waals surface area contributed by atoms with Crippen LogP contribution in [-0.4, -0.2) is 294 Å². The second-order valence-electron chi connectivity index (χ2n) is 34.4. The van der Waals surface area contributed by atoms with Crippen molar-refractivity contribution in [2.45, 2.75) is 262 Å². The summed E-state index contributed by atoms with van der Waals surface area (Å²) in [5.41, 5.74) is 34.8. The van der Waals surface area contributed by atoms with E-state index in [1.807, 2.05) is 13.8 Å². The lowest BCUT2D eigenvalue weighted by Gasteiger charge is -2.31. The van der Waals surface area contributed by atoms with E-state index >= 15 is 24.0 Å². The van der Waals surface area contributed by atoms with Gasteiger partial charge in [-0.25, -0.2) is 14.8 Å². The summed E-state index contributed by atoms with van der Waals surface area (Å²) >= 11 is 0. The van der Waals surface area contributed by atoms with Crippen LogP contribution in [0.1, 0.15) is 169 Å². The van der Waals surface area contributed by atoms with Gasteiger partial charge in [0.15, 0.2) is 23.8 Å². The quantitative estimate of drug-likeness (QED) is 0.0142. The zero-order valence-corrected chi connectivity index (χ0v) is 77.7. The molecule has 15 amide bonds. The molecule has 3 heterocycles. The topological polar surface area (TPSA) is 868 Å². The predicted octanol–water partition coefficient (Wildman–Crippen LogP) is -7.94. The van der Waals surface area contributed by atoms with Crippen LogP contribution in [-0.2, 0) is 101 Å². The maximum Gasteiger partial charge on any atom is 0.326 e. The highest BCUT2D eigenvalue weighted by Crippen LogP contribution is 2.22. The minimum Gasteiger partial charge on any atom is -0.481 e. The summed E-state index contributed by atoms with van der Waals surface area (Å²) in [5, 5.41) is 105. The van der Waals surface area contributed by atoms with Gasteiger partial charge in [0, 0.05) is 88.6 Å². The van der Waals surface area contributed by atoms with Gasteiger partial charge < -0.3 is 155 Å². The van der Waals surface area contributed by atoms with Crippen LogP contribution in [0, 0.1) is 45.3 Å². The molecule has 0 saturated carbocycles. The molecule has 4 rings (SSSR count). The van der Waals surface area contributed by atoms with Crippen molar-refractivity contribution >= 4 is 124 Å². The first-order valence-corrected chi connectivity index (χ1v) is 44.8. The minimum atomic E-state index is -1.89. The molecular weight excluding hydrogens is 1780 g/mol. The lowest BCUT2D eigenvalue weighted by Crippen LogP contribution is -2.62. The zero-order chi connectivity index (χ0) is 102. The van der Waals surface area contributed by atoms with Crippen LogP contribution in [0.25, 0.3) is 0 Å². The fourth-order valence-electron chi connectivity index (χ4n) is 14.3. The van der Waals surface area contributed by atoms with E-state index in [0.717, 1.165) is 4.90 Å². The molecule has 0 bridgehead atoms.